The van der Waals surface area contributed by atoms with Gasteiger partial charge in [0.15, 0.2) is 0 Å². The summed E-state index contributed by atoms with van der Waals surface area (Å²) in [6, 6.07) is 5.16. The number of ether oxygens (including phenoxy) is 1. The van der Waals surface area contributed by atoms with E-state index < -0.39 is 12.0 Å². The maximum atomic E-state index is 13.2. The number of thiazole rings is 1. The van der Waals surface area contributed by atoms with Gasteiger partial charge in [0.2, 0.25) is 0 Å². The first kappa shape index (κ1) is 17.5. The smallest absolute Gasteiger partial charge is 0.308 e. The van der Waals surface area contributed by atoms with Crippen molar-refractivity contribution >= 4 is 23.2 Å². The van der Waals surface area contributed by atoms with Gasteiger partial charge < -0.3 is 10.1 Å². The molecule has 7 heteroatoms. The Bertz CT molecular complexity index is 756. The van der Waals surface area contributed by atoms with Crippen LogP contribution in [0.3, 0.4) is 0 Å². The zero-order valence-corrected chi connectivity index (χ0v) is 14.6. The van der Waals surface area contributed by atoms with Gasteiger partial charge in [0, 0.05) is 5.92 Å². The van der Waals surface area contributed by atoms with E-state index in [1.165, 1.54) is 23.5 Å². The van der Waals surface area contributed by atoms with E-state index >= 15 is 0 Å². The molecule has 1 saturated carbocycles. The molecule has 0 aliphatic heterocycles. The second kappa shape index (κ2) is 7.74. The molecule has 1 aliphatic rings. The van der Waals surface area contributed by atoms with Gasteiger partial charge in [-0.2, -0.15) is 0 Å². The van der Waals surface area contributed by atoms with E-state index in [0.717, 1.165) is 18.5 Å². The van der Waals surface area contributed by atoms with Crippen LogP contribution >= 0.6 is 11.3 Å². The number of nitrogens with one attached hydrogen (secondary N) is 1. The van der Waals surface area contributed by atoms with Crippen LogP contribution in [0.1, 0.15) is 59.1 Å². The molecule has 1 aromatic carbocycles. The number of carbonyl (C=O) groups is 2. The summed E-state index contributed by atoms with van der Waals surface area (Å²) in [6.07, 6.45) is 2.09. The molecule has 1 atom stereocenters. The lowest BCUT2D eigenvalue weighted by molar-refractivity contribution is -0.143. The molecule has 1 aliphatic carbocycles. The average molecular weight is 362 g/mol. The number of hydrogen-bond acceptors (Lipinski definition) is 5. The molecule has 1 aromatic heterocycles. The van der Waals surface area contributed by atoms with Crippen LogP contribution in [0, 0.1) is 5.82 Å². The molecule has 1 fully saturated rings. The third kappa shape index (κ3) is 4.42. The Labute approximate surface area is 149 Å². The van der Waals surface area contributed by atoms with Crippen molar-refractivity contribution < 1.29 is 18.7 Å². The molecular weight excluding hydrogens is 343 g/mol. The molecule has 1 unspecified atom stereocenters. The maximum Gasteiger partial charge on any atom is 0.308 e. The molecule has 1 heterocycles. The zero-order valence-electron chi connectivity index (χ0n) is 13.8. The summed E-state index contributed by atoms with van der Waals surface area (Å²) in [5, 5.41) is 2.88. The molecule has 0 radical (unpaired) electrons. The van der Waals surface area contributed by atoms with E-state index in [4.69, 9.17) is 4.74 Å². The highest BCUT2D eigenvalue weighted by Gasteiger charge is 2.31. The summed E-state index contributed by atoms with van der Waals surface area (Å²) in [6.45, 7) is 1.99. The van der Waals surface area contributed by atoms with Crippen LogP contribution in [0.15, 0.2) is 29.8 Å². The number of halogens is 1. The van der Waals surface area contributed by atoms with E-state index in [1.807, 2.05) is 0 Å². The van der Waals surface area contributed by atoms with E-state index in [1.54, 1.807) is 24.6 Å². The van der Waals surface area contributed by atoms with Crippen molar-refractivity contribution in [3.05, 3.63) is 51.7 Å². The summed E-state index contributed by atoms with van der Waals surface area (Å²) in [5.74, 6) is -0.684. The number of esters is 1. The van der Waals surface area contributed by atoms with Crippen LogP contribution in [0.25, 0.3) is 0 Å². The fourth-order valence-corrected chi connectivity index (χ4v) is 3.41. The van der Waals surface area contributed by atoms with Gasteiger partial charge in [-0.25, -0.2) is 9.37 Å². The Morgan fingerprint density at radius 1 is 1.36 bits per heavy atom. The van der Waals surface area contributed by atoms with E-state index in [2.05, 4.69) is 10.3 Å². The lowest BCUT2D eigenvalue weighted by atomic mass is 10.0. The highest BCUT2D eigenvalue weighted by atomic mass is 32.1. The fourth-order valence-electron chi connectivity index (χ4n) is 2.63. The summed E-state index contributed by atoms with van der Waals surface area (Å²) >= 11 is 1.30. The van der Waals surface area contributed by atoms with Crippen molar-refractivity contribution in [3.8, 4) is 0 Å². The maximum absolute atomic E-state index is 13.2. The molecule has 5 nitrogen and oxygen atoms in total. The summed E-state index contributed by atoms with van der Waals surface area (Å²) in [4.78, 5) is 29.5. The molecule has 0 spiro atoms. The van der Waals surface area contributed by atoms with Crippen molar-refractivity contribution in [2.75, 3.05) is 6.61 Å². The predicted molar refractivity (Wildman–Crippen MR) is 91.9 cm³/mol. The van der Waals surface area contributed by atoms with Gasteiger partial charge in [-0.3, -0.25) is 9.59 Å². The summed E-state index contributed by atoms with van der Waals surface area (Å²) in [5.41, 5.74) is 3.15. The van der Waals surface area contributed by atoms with Gasteiger partial charge in [0.25, 0.3) is 5.91 Å². The lowest BCUT2D eigenvalue weighted by Gasteiger charge is -2.18. The largest absolute Gasteiger partial charge is 0.466 e. The fraction of sp³-hybridized carbons (Fsp3) is 0.389. The second-order valence-corrected chi connectivity index (χ2v) is 6.78. The van der Waals surface area contributed by atoms with Gasteiger partial charge in [-0.1, -0.05) is 12.1 Å². The number of nitrogens with zero attached hydrogens (tertiary/aromatic N) is 1. The highest BCUT2D eigenvalue weighted by Crippen LogP contribution is 2.41. The molecule has 0 bridgehead atoms. The monoisotopic (exact) mass is 362 g/mol. The molecule has 1 amide bonds. The molecule has 1 N–H and O–H groups in total. The van der Waals surface area contributed by atoms with E-state index in [9.17, 15) is 14.0 Å². The van der Waals surface area contributed by atoms with Crippen LogP contribution in [0.4, 0.5) is 4.39 Å². The SMILES string of the molecule is CCOC(=O)CC(NC(=O)c1scnc1C1CC1)c1ccc(F)cc1. The van der Waals surface area contributed by atoms with Crippen molar-refractivity contribution in [1.29, 1.82) is 0 Å². The van der Waals surface area contributed by atoms with Crippen LogP contribution in [0.5, 0.6) is 0 Å². The Morgan fingerprint density at radius 3 is 2.72 bits per heavy atom. The van der Waals surface area contributed by atoms with Crippen LogP contribution in [0.2, 0.25) is 0 Å². The van der Waals surface area contributed by atoms with Crippen molar-refractivity contribution in [2.45, 2.75) is 38.1 Å². The zero-order chi connectivity index (χ0) is 17.8. The molecule has 3 rings (SSSR count). The van der Waals surface area contributed by atoms with Gasteiger partial charge in [-0.15, -0.1) is 11.3 Å². The molecule has 132 valence electrons. The quantitative estimate of drug-likeness (QED) is 0.765. The third-order valence-corrected chi connectivity index (χ3v) is 4.86. The number of aromatic nitrogens is 1. The number of carbonyl (C=O) groups excluding carboxylic acids is 2. The number of hydrogen-bond donors (Lipinski definition) is 1. The lowest BCUT2D eigenvalue weighted by Crippen LogP contribution is -2.30. The standard InChI is InChI=1S/C18H19FN2O3S/c1-2-24-15(22)9-14(11-5-7-13(19)8-6-11)21-18(23)17-16(12-3-4-12)20-10-25-17/h5-8,10,12,14H,2-4,9H2,1H3,(H,21,23). The topological polar surface area (TPSA) is 68.3 Å². The minimum atomic E-state index is -0.582. The highest BCUT2D eigenvalue weighted by molar-refractivity contribution is 7.11. The van der Waals surface area contributed by atoms with Gasteiger partial charge in [0.1, 0.15) is 10.7 Å². The van der Waals surface area contributed by atoms with Gasteiger partial charge in [-0.05, 0) is 37.5 Å². The third-order valence-electron chi connectivity index (χ3n) is 4.02. The molecule has 0 saturated heterocycles. The van der Waals surface area contributed by atoms with Crippen LogP contribution < -0.4 is 5.32 Å². The van der Waals surface area contributed by atoms with Crippen molar-refractivity contribution in [1.82, 2.24) is 10.3 Å². The van der Waals surface area contributed by atoms with Crippen LogP contribution in [-0.2, 0) is 9.53 Å². The Morgan fingerprint density at radius 2 is 2.08 bits per heavy atom. The van der Waals surface area contributed by atoms with Gasteiger partial charge in [0.05, 0.1) is 30.3 Å². The number of amides is 1. The first-order valence-electron chi connectivity index (χ1n) is 8.23. The number of rotatable bonds is 7. The normalized spacial score (nSPS) is 14.8. The van der Waals surface area contributed by atoms with Crippen molar-refractivity contribution in [2.24, 2.45) is 0 Å². The van der Waals surface area contributed by atoms with E-state index in [0.29, 0.717) is 16.4 Å². The Balaban J connectivity index is 1.78. The summed E-state index contributed by atoms with van der Waals surface area (Å²) < 4.78 is 18.2. The first-order chi connectivity index (χ1) is 12.1. The molecular formula is C18H19FN2O3S. The first-order valence-corrected chi connectivity index (χ1v) is 9.11. The predicted octanol–water partition coefficient (Wildman–Crippen LogP) is 3.58. The Kier molecular flexibility index (Phi) is 5.43. The summed E-state index contributed by atoms with van der Waals surface area (Å²) in [7, 11) is 0. The molecule has 25 heavy (non-hydrogen) atoms. The average Bonchev–Trinajstić information content (AvgIpc) is 3.31. The number of benzene rings is 1. The minimum absolute atomic E-state index is 0.0111. The van der Waals surface area contributed by atoms with Gasteiger partial charge >= 0.3 is 5.97 Å². The van der Waals surface area contributed by atoms with Crippen molar-refractivity contribution in [3.63, 3.8) is 0 Å². The van der Waals surface area contributed by atoms with Crippen LogP contribution in [-0.4, -0.2) is 23.5 Å². The van der Waals surface area contributed by atoms with E-state index in [-0.39, 0.29) is 24.8 Å². The Hall–Kier alpha value is -2.28. The minimum Gasteiger partial charge on any atom is -0.466 e. The second-order valence-electron chi connectivity index (χ2n) is 5.93. The molecule has 2 aromatic rings.